The fourth-order valence-electron chi connectivity index (χ4n) is 2.77. The summed E-state index contributed by atoms with van der Waals surface area (Å²) in [5.74, 6) is 1.61. The van der Waals surface area contributed by atoms with E-state index < -0.39 is 0 Å². The van der Waals surface area contributed by atoms with Gasteiger partial charge in [0.2, 0.25) is 0 Å². The van der Waals surface area contributed by atoms with Gasteiger partial charge in [-0.3, -0.25) is 0 Å². The number of halogens is 2. The third kappa shape index (κ3) is 3.49. The lowest BCUT2D eigenvalue weighted by atomic mass is 9.78. The predicted molar refractivity (Wildman–Crippen MR) is 82.0 cm³/mol. The van der Waals surface area contributed by atoms with Crippen LogP contribution in [0.1, 0.15) is 38.7 Å². The summed E-state index contributed by atoms with van der Waals surface area (Å²) < 4.78 is 0.980. The first-order chi connectivity index (χ1) is 8.58. The monoisotopic (exact) mass is 329 g/mol. The molecule has 0 heterocycles. The third-order valence-electron chi connectivity index (χ3n) is 4.26. The Hall–Kier alpha value is -0.0500. The van der Waals surface area contributed by atoms with E-state index in [-0.39, 0.29) is 0 Å². The van der Waals surface area contributed by atoms with Crippen molar-refractivity contribution in [3.63, 3.8) is 0 Å². The molecule has 0 amide bonds. The van der Waals surface area contributed by atoms with E-state index in [9.17, 15) is 0 Å². The predicted octanol–water partition coefficient (Wildman–Crippen LogP) is 5.02. The highest BCUT2D eigenvalue weighted by molar-refractivity contribution is 9.10. The molecule has 3 unspecified atom stereocenters. The molecule has 3 atom stereocenters. The van der Waals surface area contributed by atoms with E-state index in [2.05, 4.69) is 47.2 Å². The number of hydrogen-bond donors (Lipinski definition) is 1. The van der Waals surface area contributed by atoms with Gasteiger partial charge in [-0.1, -0.05) is 44.4 Å². The van der Waals surface area contributed by atoms with Gasteiger partial charge in [-0.25, -0.2) is 0 Å². The van der Waals surface area contributed by atoms with E-state index >= 15 is 0 Å². The third-order valence-corrected chi connectivity index (χ3v) is 5.47. The minimum Gasteiger partial charge on any atom is -0.310 e. The Bertz CT molecular complexity index is 407. The van der Waals surface area contributed by atoms with Crippen molar-refractivity contribution in [1.82, 2.24) is 5.32 Å². The van der Waals surface area contributed by atoms with Crippen LogP contribution in [0.2, 0.25) is 5.02 Å². The molecule has 0 aliphatic heterocycles. The van der Waals surface area contributed by atoms with Gasteiger partial charge in [-0.15, -0.1) is 0 Å². The van der Waals surface area contributed by atoms with E-state index in [0.29, 0.717) is 6.04 Å². The van der Waals surface area contributed by atoms with Crippen molar-refractivity contribution in [3.05, 3.63) is 33.3 Å². The first-order valence-corrected chi connectivity index (χ1v) is 7.92. The molecule has 3 heteroatoms. The summed E-state index contributed by atoms with van der Waals surface area (Å²) in [7, 11) is 0. The fraction of sp³-hybridized carbons (Fsp3) is 0.600. The Kier molecular flexibility index (Phi) is 5.11. The van der Waals surface area contributed by atoms with E-state index in [4.69, 9.17) is 11.6 Å². The molecule has 0 saturated heterocycles. The molecule has 0 spiro atoms. The zero-order valence-electron chi connectivity index (χ0n) is 11.0. The first-order valence-electron chi connectivity index (χ1n) is 6.75. The van der Waals surface area contributed by atoms with Crippen molar-refractivity contribution in [1.29, 1.82) is 0 Å². The van der Waals surface area contributed by atoms with Crippen LogP contribution in [0.15, 0.2) is 22.7 Å². The largest absolute Gasteiger partial charge is 0.310 e. The van der Waals surface area contributed by atoms with Crippen LogP contribution in [-0.2, 0) is 6.54 Å². The van der Waals surface area contributed by atoms with Crippen LogP contribution >= 0.6 is 27.5 Å². The molecule has 1 aromatic rings. The average Bonchev–Trinajstić information content (AvgIpc) is 2.35. The maximum atomic E-state index is 6.00. The Morgan fingerprint density at radius 2 is 2.11 bits per heavy atom. The second-order valence-corrected chi connectivity index (χ2v) is 6.76. The molecule has 2 rings (SSSR count). The van der Waals surface area contributed by atoms with Gasteiger partial charge >= 0.3 is 0 Å². The van der Waals surface area contributed by atoms with E-state index in [1.807, 2.05) is 6.07 Å². The van der Waals surface area contributed by atoms with E-state index in [0.717, 1.165) is 27.9 Å². The number of benzene rings is 1. The summed E-state index contributed by atoms with van der Waals surface area (Å²) in [5, 5.41) is 4.48. The molecule has 1 nitrogen and oxygen atoms in total. The van der Waals surface area contributed by atoms with Crippen LogP contribution < -0.4 is 5.32 Å². The van der Waals surface area contributed by atoms with Crippen molar-refractivity contribution in [3.8, 4) is 0 Å². The average molecular weight is 331 g/mol. The van der Waals surface area contributed by atoms with Crippen molar-refractivity contribution in [2.75, 3.05) is 0 Å². The molecule has 1 aromatic carbocycles. The number of rotatable bonds is 3. The molecule has 18 heavy (non-hydrogen) atoms. The van der Waals surface area contributed by atoms with Gasteiger partial charge < -0.3 is 5.32 Å². The van der Waals surface area contributed by atoms with E-state index in [1.54, 1.807) is 0 Å². The lowest BCUT2D eigenvalue weighted by Crippen LogP contribution is -2.40. The molecule has 100 valence electrons. The Morgan fingerprint density at radius 1 is 1.33 bits per heavy atom. The van der Waals surface area contributed by atoms with Gasteiger partial charge in [0.05, 0.1) is 5.02 Å². The normalized spacial score (nSPS) is 28.3. The minimum absolute atomic E-state index is 0.656. The van der Waals surface area contributed by atoms with Crippen molar-refractivity contribution in [2.24, 2.45) is 11.8 Å². The molecule has 1 saturated carbocycles. The van der Waals surface area contributed by atoms with Gasteiger partial charge in [0, 0.05) is 17.1 Å². The minimum atomic E-state index is 0.656. The Morgan fingerprint density at radius 3 is 2.83 bits per heavy atom. The highest BCUT2D eigenvalue weighted by atomic mass is 79.9. The maximum Gasteiger partial charge on any atom is 0.0548 e. The molecule has 0 bridgehead atoms. The number of nitrogens with one attached hydrogen (secondary N) is 1. The summed E-state index contributed by atoms with van der Waals surface area (Å²) in [5.41, 5.74) is 1.29. The summed E-state index contributed by atoms with van der Waals surface area (Å²) in [6.45, 7) is 5.67. The molecule has 0 aromatic heterocycles. The zero-order valence-corrected chi connectivity index (χ0v) is 13.4. The zero-order chi connectivity index (χ0) is 13.1. The molecule has 1 N–H and O–H groups in total. The Labute approximate surface area is 123 Å². The standard InChI is InChI=1S/C15H21BrClN/c1-10-4-3-5-15(11(10)2)18-9-12-6-7-14(17)13(16)8-12/h6-8,10-11,15,18H,3-5,9H2,1-2H3. The van der Waals surface area contributed by atoms with Crippen LogP contribution in [0.5, 0.6) is 0 Å². The molecule has 1 fully saturated rings. The molecular weight excluding hydrogens is 310 g/mol. The molecule has 1 aliphatic carbocycles. The summed E-state index contributed by atoms with van der Waals surface area (Å²) in [4.78, 5) is 0. The van der Waals surface area contributed by atoms with Gasteiger partial charge in [-0.05, 0) is 51.9 Å². The molecular formula is C15H21BrClN. The summed E-state index contributed by atoms with van der Waals surface area (Å²) in [6.07, 6.45) is 4.04. The van der Waals surface area contributed by atoms with Gasteiger partial charge in [0.15, 0.2) is 0 Å². The van der Waals surface area contributed by atoms with Crippen LogP contribution in [0.4, 0.5) is 0 Å². The quantitative estimate of drug-likeness (QED) is 0.821. The lowest BCUT2D eigenvalue weighted by molar-refractivity contribution is 0.206. The lowest BCUT2D eigenvalue weighted by Gasteiger charge is -2.34. The van der Waals surface area contributed by atoms with Crippen LogP contribution in [-0.4, -0.2) is 6.04 Å². The first kappa shape index (κ1) is 14.4. The summed E-state index contributed by atoms with van der Waals surface area (Å²) in [6, 6.07) is 6.81. The second-order valence-electron chi connectivity index (χ2n) is 5.50. The highest BCUT2D eigenvalue weighted by Gasteiger charge is 2.26. The van der Waals surface area contributed by atoms with Crippen molar-refractivity contribution < 1.29 is 0 Å². The smallest absolute Gasteiger partial charge is 0.0548 e. The van der Waals surface area contributed by atoms with Crippen LogP contribution in [0.25, 0.3) is 0 Å². The Balaban J connectivity index is 1.92. The van der Waals surface area contributed by atoms with Gasteiger partial charge in [0.25, 0.3) is 0 Å². The SMILES string of the molecule is CC1CCCC(NCc2ccc(Cl)c(Br)c2)C1C. The maximum absolute atomic E-state index is 6.00. The second kappa shape index (κ2) is 6.40. The van der Waals surface area contributed by atoms with Crippen LogP contribution in [0, 0.1) is 11.8 Å². The van der Waals surface area contributed by atoms with E-state index in [1.165, 1.54) is 24.8 Å². The topological polar surface area (TPSA) is 12.0 Å². The molecule has 1 aliphatic rings. The van der Waals surface area contributed by atoms with Crippen molar-refractivity contribution >= 4 is 27.5 Å². The van der Waals surface area contributed by atoms with Gasteiger partial charge in [-0.2, -0.15) is 0 Å². The number of hydrogen-bond acceptors (Lipinski definition) is 1. The summed E-state index contributed by atoms with van der Waals surface area (Å²) >= 11 is 9.48. The van der Waals surface area contributed by atoms with Crippen LogP contribution in [0.3, 0.4) is 0 Å². The fourth-order valence-corrected chi connectivity index (χ4v) is 3.31. The van der Waals surface area contributed by atoms with Gasteiger partial charge in [0.1, 0.15) is 0 Å². The van der Waals surface area contributed by atoms with Crippen molar-refractivity contribution in [2.45, 2.75) is 45.7 Å². The molecule has 0 radical (unpaired) electrons. The highest BCUT2D eigenvalue weighted by Crippen LogP contribution is 2.30.